The summed E-state index contributed by atoms with van der Waals surface area (Å²) in [6.07, 6.45) is 0.559. The zero-order valence-electron chi connectivity index (χ0n) is 11.9. The van der Waals surface area contributed by atoms with Gasteiger partial charge in [-0.15, -0.1) is 0 Å². The third-order valence-electron chi connectivity index (χ3n) is 3.00. The fourth-order valence-corrected chi connectivity index (χ4v) is 1.81. The van der Waals surface area contributed by atoms with Crippen LogP contribution in [-0.4, -0.2) is 41.6 Å². The first kappa shape index (κ1) is 16.0. The lowest BCUT2D eigenvalue weighted by Crippen LogP contribution is -2.39. The first-order valence-electron chi connectivity index (χ1n) is 6.73. The first-order chi connectivity index (χ1) is 9.54. The number of amides is 1. The van der Waals surface area contributed by atoms with Gasteiger partial charge in [-0.2, -0.15) is 0 Å². The van der Waals surface area contributed by atoms with E-state index in [0.717, 1.165) is 5.75 Å². The molecule has 0 aromatic heterocycles. The summed E-state index contributed by atoms with van der Waals surface area (Å²) in [7, 11) is 0. The minimum absolute atomic E-state index is 0.147. The second-order valence-corrected chi connectivity index (χ2v) is 4.60. The number of carboxylic acid groups (broad SMARTS) is 1. The third kappa shape index (κ3) is 5.30. The van der Waals surface area contributed by atoms with Crippen LogP contribution in [0.1, 0.15) is 20.3 Å². The number of aliphatic carboxylic acids is 1. The lowest BCUT2D eigenvalue weighted by Gasteiger charge is -2.22. The van der Waals surface area contributed by atoms with Gasteiger partial charge in [0.25, 0.3) is 0 Å². The maximum absolute atomic E-state index is 12.1. The molecule has 0 bridgehead atoms. The molecular weight excluding hydrogens is 258 g/mol. The Morgan fingerprint density at radius 2 is 1.95 bits per heavy atom. The molecule has 1 N–H and O–H groups in total. The molecule has 1 rings (SSSR count). The molecule has 5 nitrogen and oxygen atoms in total. The summed E-state index contributed by atoms with van der Waals surface area (Å²) >= 11 is 0. The fourth-order valence-electron chi connectivity index (χ4n) is 1.81. The molecule has 0 aliphatic heterocycles. The number of rotatable bonds is 8. The topological polar surface area (TPSA) is 66.8 Å². The molecule has 20 heavy (non-hydrogen) atoms. The van der Waals surface area contributed by atoms with Crippen LogP contribution in [-0.2, 0) is 9.59 Å². The molecule has 5 heteroatoms. The van der Waals surface area contributed by atoms with Crippen LogP contribution in [0, 0.1) is 5.92 Å². The molecule has 1 unspecified atom stereocenters. The van der Waals surface area contributed by atoms with E-state index in [9.17, 15) is 9.59 Å². The van der Waals surface area contributed by atoms with E-state index in [1.807, 2.05) is 30.3 Å². The Kier molecular flexibility index (Phi) is 6.56. The number of carbonyl (C=O) groups excluding carboxylic acids is 1. The Balaban J connectivity index is 2.39. The summed E-state index contributed by atoms with van der Waals surface area (Å²) in [5.41, 5.74) is 0. The van der Waals surface area contributed by atoms with E-state index in [0.29, 0.717) is 19.6 Å². The monoisotopic (exact) mass is 279 g/mol. The van der Waals surface area contributed by atoms with Gasteiger partial charge < -0.3 is 14.7 Å². The van der Waals surface area contributed by atoms with E-state index in [1.54, 1.807) is 13.8 Å². The molecule has 110 valence electrons. The van der Waals surface area contributed by atoms with E-state index in [4.69, 9.17) is 9.84 Å². The van der Waals surface area contributed by atoms with E-state index in [-0.39, 0.29) is 18.4 Å². The van der Waals surface area contributed by atoms with Crippen molar-refractivity contribution in [2.45, 2.75) is 20.3 Å². The predicted octanol–water partition coefficient (Wildman–Crippen LogP) is 2.02. The molecule has 0 saturated carbocycles. The number of hydrogen-bond acceptors (Lipinski definition) is 3. The lowest BCUT2D eigenvalue weighted by molar-refractivity contribution is -0.146. The minimum Gasteiger partial charge on any atom is -0.494 e. The highest BCUT2D eigenvalue weighted by Crippen LogP contribution is 2.12. The van der Waals surface area contributed by atoms with Crippen LogP contribution in [0.3, 0.4) is 0 Å². The lowest BCUT2D eigenvalue weighted by atomic mass is 10.1. The van der Waals surface area contributed by atoms with Gasteiger partial charge in [0.15, 0.2) is 0 Å². The maximum atomic E-state index is 12.1. The van der Waals surface area contributed by atoms with Gasteiger partial charge in [0.05, 0.1) is 6.61 Å². The van der Waals surface area contributed by atoms with E-state index >= 15 is 0 Å². The summed E-state index contributed by atoms with van der Waals surface area (Å²) in [6, 6.07) is 9.39. The molecule has 1 atom stereocenters. The Morgan fingerprint density at radius 3 is 2.50 bits per heavy atom. The van der Waals surface area contributed by atoms with Crippen molar-refractivity contribution < 1.29 is 19.4 Å². The summed E-state index contributed by atoms with van der Waals surface area (Å²) < 4.78 is 5.53. The number of ether oxygens (including phenoxy) is 1. The summed E-state index contributed by atoms with van der Waals surface area (Å²) in [4.78, 5) is 24.1. The van der Waals surface area contributed by atoms with Gasteiger partial charge in [-0.3, -0.25) is 9.59 Å². The Labute approximate surface area is 119 Å². The van der Waals surface area contributed by atoms with Gasteiger partial charge in [0, 0.05) is 12.5 Å². The highest BCUT2D eigenvalue weighted by molar-refractivity contribution is 5.82. The maximum Gasteiger partial charge on any atom is 0.323 e. The molecule has 1 amide bonds. The number of carboxylic acids is 1. The summed E-state index contributed by atoms with van der Waals surface area (Å²) in [6.45, 7) is 4.14. The van der Waals surface area contributed by atoms with Crippen LogP contribution in [0.25, 0.3) is 0 Å². The Hall–Kier alpha value is -2.04. The molecule has 0 radical (unpaired) electrons. The van der Waals surface area contributed by atoms with Crippen molar-refractivity contribution in [2.24, 2.45) is 5.92 Å². The molecule has 1 aromatic rings. The summed E-state index contributed by atoms with van der Waals surface area (Å²) in [5.74, 6) is -0.623. The van der Waals surface area contributed by atoms with Crippen molar-refractivity contribution in [1.82, 2.24) is 4.90 Å². The van der Waals surface area contributed by atoms with Crippen LogP contribution in [0.15, 0.2) is 30.3 Å². The van der Waals surface area contributed by atoms with Crippen molar-refractivity contribution in [3.8, 4) is 5.75 Å². The molecule has 1 aromatic carbocycles. The molecular formula is C15H21NO4. The zero-order valence-corrected chi connectivity index (χ0v) is 11.9. The molecule has 0 heterocycles. The van der Waals surface area contributed by atoms with Crippen LogP contribution in [0.4, 0.5) is 0 Å². The number of likely N-dealkylation sites (N-methyl/N-ethyl adjacent to an activating group) is 1. The highest BCUT2D eigenvalue weighted by Gasteiger charge is 2.21. The van der Waals surface area contributed by atoms with Crippen LogP contribution in [0.5, 0.6) is 5.75 Å². The second-order valence-electron chi connectivity index (χ2n) is 4.60. The van der Waals surface area contributed by atoms with E-state index in [1.165, 1.54) is 4.90 Å². The van der Waals surface area contributed by atoms with Gasteiger partial charge in [-0.05, 0) is 25.5 Å². The van der Waals surface area contributed by atoms with E-state index < -0.39 is 5.97 Å². The van der Waals surface area contributed by atoms with Gasteiger partial charge in [0.2, 0.25) is 5.91 Å². The highest BCUT2D eigenvalue weighted by atomic mass is 16.5. The summed E-state index contributed by atoms with van der Waals surface area (Å²) in [5, 5.41) is 8.75. The number of carbonyl (C=O) groups is 2. The normalized spacial score (nSPS) is 11.7. The average molecular weight is 279 g/mol. The Morgan fingerprint density at radius 1 is 1.30 bits per heavy atom. The Bertz CT molecular complexity index is 433. The zero-order chi connectivity index (χ0) is 15.0. The van der Waals surface area contributed by atoms with Crippen molar-refractivity contribution >= 4 is 11.9 Å². The van der Waals surface area contributed by atoms with Gasteiger partial charge in [-0.1, -0.05) is 25.1 Å². The quantitative estimate of drug-likeness (QED) is 0.790. The second kappa shape index (κ2) is 8.19. The molecule has 0 aliphatic carbocycles. The van der Waals surface area contributed by atoms with Gasteiger partial charge >= 0.3 is 5.97 Å². The average Bonchev–Trinajstić information content (AvgIpc) is 2.44. The molecule has 0 spiro atoms. The number of para-hydroxylation sites is 1. The van der Waals surface area contributed by atoms with Crippen molar-refractivity contribution in [3.05, 3.63) is 30.3 Å². The van der Waals surface area contributed by atoms with Crippen LogP contribution < -0.4 is 4.74 Å². The fraction of sp³-hybridized carbons (Fsp3) is 0.467. The smallest absolute Gasteiger partial charge is 0.323 e. The van der Waals surface area contributed by atoms with Crippen molar-refractivity contribution in [1.29, 1.82) is 0 Å². The predicted molar refractivity (Wildman–Crippen MR) is 75.6 cm³/mol. The largest absolute Gasteiger partial charge is 0.494 e. The van der Waals surface area contributed by atoms with Crippen LogP contribution >= 0.6 is 0 Å². The van der Waals surface area contributed by atoms with Gasteiger partial charge in [0.1, 0.15) is 12.3 Å². The molecule has 0 saturated heterocycles. The number of nitrogens with zero attached hydrogens (tertiary/aromatic N) is 1. The SMILES string of the molecule is CCN(CC(=O)O)C(=O)C(C)CCOc1ccccc1. The minimum atomic E-state index is -0.993. The van der Waals surface area contributed by atoms with E-state index in [2.05, 4.69) is 0 Å². The first-order valence-corrected chi connectivity index (χ1v) is 6.73. The van der Waals surface area contributed by atoms with Gasteiger partial charge in [-0.25, -0.2) is 0 Å². The van der Waals surface area contributed by atoms with Crippen LogP contribution in [0.2, 0.25) is 0 Å². The standard InChI is InChI=1S/C15H21NO4/c1-3-16(11-14(17)18)15(19)12(2)9-10-20-13-7-5-4-6-8-13/h4-8,12H,3,9-11H2,1-2H3,(H,17,18). The third-order valence-corrected chi connectivity index (χ3v) is 3.00. The molecule has 0 aliphatic rings. The number of hydrogen-bond donors (Lipinski definition) is 1. The molecule has 0 fully saturated rings. The van der Waals surface area contributed by atoms with Crippen molar-refractivity contribution in [2.75, 3.05) is 19.7 Å². The number of benzene rings is 1. The van der Waals surface area contributed by atoms with Crippen molar-refractivity contribution in [3.63, 3.8) is 0 Å².